The molecule has 0 bridgehead atoms. The van der Waals surface area contributed by atoms with Gasteiger partial charge in [-0.3, -0.25) is 4.79 Å². The van der Waals surface area contributed by atoms with Crippen molar-refractivity contribution < 1.29 is 9.53 Å². The summed E-state index contributed by atoms with van der Waals surface area (Å²) in [5.41, 5.74) is 1.51. The van der Waals surface area contributed by atoms with Gasteiger partial charge < -0.3 is 20.7 Å². The molecule has 0 radical (unpaired) electrons. The van der Waals surface area contributed by atoms with Gasteiger partial charge in [0.05, 0.1) is 12.3 Å². The number of hydrogen-bond acceptors (Lipinski definition) is 6. The van der Waals surface area contributed by atoms with E-state index in [0.29, 0.717) is 24.1 Å². The largest absolute Gasteiger partial charge is 0.383 e. The van der Waals surface area contributed by atoms with E-state index in [4.69, 9.17) is 4.74 Å². The van der Waals surface area contributed by atoms with Crippen LogP contribution >= 0.6 is 24.8 Å². The minimum absolute atomic E-state index is 0. The lowest BCUT2D eigenvalue weighted by Gasteiger charge is -2.27. The zero-order valence-corrected chi connectivity index (χ0v) is 18.4. The number of piperidine rings is 2. The first-order chi connectivity index (χ1) is 12.7. The third kappa shape index (κ3) is 6.56. The second-order valence-electron chi connectivity index (χ2n) is 7.55. The Hall–Kier alpha value is -0.930. The first kappa shape index (κ1) is 25.1. The molecule has 2 aliphatic heterocycles. The topological polar surface area (TPSA) is 93.1 Å². The first-order valence-electron chi connectivity index (χ1n) is 9.83. The normalized spacial score (nSPS) is 19.4. The van der Waals surface area contributed by atoms with Crippen molar-refractivity contribution in [2.24, 2.45) is 5.92 Å². The lowest BCUT2D eigenvalue weighted by atomic mass is 9.92. The predicted molar refractivity (Wildman–Crippen MR) is 114 cm³/mol. The van der Waals surface area contributed by atoms with Crippen molar-refractivity contribution in [3.8, 4) is 0 Å². The van der Waals surface area contributed by atoms with E-state index in [9.17, 15) is 4.79 Å². The van der Waals surface area contributed by atoms with Gasteiger partial charge in [-0.1, -0.05) is 5.21 Å². The van der Waals surface area contributed by atoms with E-state index in [-0.39, 0.29) is 36.8 Å². The highest BCUT2D eigenvalue weighted by atomic mass is 35.5. The summed E-state index contributed by atoms with van der Waals surface area (Å²) in [5, 5.41) is 18.5. The average molecular weight is 437 g/mol. The van der Waals surface area contributed by atoms with Gasteiger partial charge in [-0.15, -0.1) is 29.9 Å². The second-order valence-corrected chi connectivity index (χ2v) is 7.55. The second kappa shape index (κ2) is 12.6. The fourth-order valence-corrected chi connectivity index (χ4v) is 4.01. The lowest BCUT2D eigenvalue weighted by molar-refractivity contribution is 0.0898. The van der Waals surface area contributed by atoms with Crippen LogP contribution in [-0.2, 0) is 11.3 Å². The summed E-state index contributed by atoms with van der Waals surface area (Å²) >= 11 is 0. The molecule has 8 nitrogen and oxygen atoms in total. The molecular weight excluding hydrogens is 403 g/mol. The van der Waals surface area contributed by atoms with Crippen LogP contribution in [0.15, 0.2) is 0 Å². The summed E-state index contributed by atoms with van der Waals surface area (Å²) in [6.45, 7) is 7.35. The lowest BCUT2D eigenvalue weighted by Crippen LogP contribution is -2.37. The number of nitrogens with one attached hydrogen (secondary N) is 3. The smallest absolute Gasteiger partial charge is 0.274 e. The maximum atomic E-state index is 12.8. The van der Waals surface area contributed by atoms with E-state index in [1.165, 1.54) is 0 Å². The molecule has 1 aromatic heterocycles. The molecule has 1 atom stereocenters. The van der Waals surface area contributed by atoms with E-state index in [1.54, 1.807) is 7.11 Å². The van der Waals surface area contributed by atoms with E-state index >= 15 is 0 Å². The predicted octanol–water partition coefficient (Wildman–Crippen LogP) is 1.35. The minimum Gasteiger partial charge on any atom is -0.383 e. The highest BCUT2D eigenvalue weighted by Gasteiger charge is 2.29. The fraction of sp³-hybridized carbons (Fsp3) is 0.833. The maximum Gasteiger partial charge on any atom is 0.274 e. The molecule has 1 amide bonds. The zero-order valence-electron chi connectivity index (χ0n) is 16.8. The molecule has 1 aromatic rings. The monoisotopic (exact) mass is 436 g/mol. The number of carbonyl (C=O) groups is 1. The van der Waals surface area contributed by atoms with Gasteiger partial charge in [0, 0.05) is 25.6 Å². The fourth-order valence-electron chi connectivity index (χ4n) is 4.01. The Morgan fingerprint density at radius 1 is 1.18 bits per heavy atom. The van der Waals surface area contributed by atoms with Gasteiger partial charge in [-0.2, -0.15) is 0 Å². The number of aromatic nitrogens is 3. The number of nitrogens with zero attached hydrogens (tertiary/aromatic N) is 3. The number of methoxy groups -OCH3 is 1. The summed E-state index contributed by atoms with van der Waals surface area (Å²) in [4.78, 5) is 12.8. The molecule has 28 heavy (non-hydrogen) atoms. The van der Waals surface area contributed by atoms with E-state index < -0.39 is 0 Å². The molecule has 0 aliphatic carbocycles. The van der Waals surface area contributed by atoms with Crippen molar-refractivity contribution in [3.05, 3.63) is 11.4 Å². The van der Waals surface area contributed by atoms with Gasteiger partial charge in [0.25, 0.3) is 5.91 Å². The zero-order chi connectivity index (χ0) is 18.4. The Bertz CT molecular complexity index is 589. The minimum atomic E-state index is -0.139. The molecule has 0 saturated carbocycles. The molecule has 1 unspecified atom stereocenters. The molecule has 10 heteroatoms. The van der Waals surface area contributed by atoms with Crippen LogP contribution in [0.4, 0.5) is 0 Å². The number of amides is 1. The third-order valence-corrected chi connectivity index (χ3v) is 5.40. The summed E-state index contributed by atoms with van der Waals surface area (Å²) in [7, 11) is 1.64. The number of rotatable bonds is 7. The van der Waals surface area contributed by atoms with Crippen molar-refractivity contribution in [3.63, 3.8) is 0 Å². The van der Waals surface area contributed by atoms with Gasteiger partial charge in [-0.25, -0.2) is 4.68 Å². The number of ether oxygens (including phenoxy) is 1. The molecule has 2 aliphatic rings. The van der Waals surface area contributed by atoms with E-state index in [1.807, 2.05) is 11.6 Å². The van der Waals surface area contributed by atoms with Crippen LogP contribution < -0.4 is 16.0 Å². The van der Waals surface area contributed by atoms with Crippen molar-refractivity contribution in [1.29, 1.82) is 0 Å². The molecule has 2 fully saturated rings. The Balaban J connectivity index is 0.00000196. The number of halogens is 2. The van der Waals surface area contributed by atoms with Crippen molar-refractivity contribution in [2.45, 2.75) is 51.1 Å². The molecule has 2 saturated heterocycles. The Kier molecular flexibility index (Phi) is 11.3. The molecule has 3 N–H and O–H groups in total. The summed E-state index contributed by atoms with van der Waals surface area (Å²) in [6, 6.07) is -0.0528. The van der Waals surface area contributed by atoms with Crippen LogP contribution in [0.5, 0.6) is 0 Å². The van der Waals surface area contributed by atoms with Gasteiger partial charge in [0.15, 0.2) is 5.69 Å². The SMILES string of the molecule is COCC(C)NC(=O)c1nnn(CC2CCNCC2)c1C1CCNCC1.Cl.Cl. The van der Waals surface area contributed by atoms with Crippen LogP contribution in [0.2, 0.25) is 0 Å². The van der Waals surface area contributed by atoms with Crippen molar-refractivity contribution in [1.82, 2.24) is 30.9 Å². The average Bonchev–Trinajstić information content (AvgIpc) is 3.07. The van der Waals surface area contributed by atoms with Crippen molar-refractivity contribution >= 4 is 30.7 Å². The molecule has 3 heterocycles. The van der Waals surface area contributed by atoms with Crippen LogP contribution in [-0.4, -0.2) is 66.8 Å². The van der Waals surface area contributed by atoms with Gasteiger partial charge in [-0.05, 0) is 64.7 Å². The molecular formula is C18H34Cl2N6O2. The van der Waals surface area contributed by atoms with E-state index in [2.05, 4.69) is 26.3 Å². The molecule has 162 valence electrons. The Morgan fingerprint density at radius 2 is 1.79 bits per heavy atom. The van der Waals surface area contributed by atoms with E-state index in [0.717, 1.165) is 64.1 Å². The molecule has 0 aromatic carbocycles. The molecule has 0 spiro atoms. The number of hydrogen-bond donors (Lipinski definition) is 3. The maximum absolute atomic E-state index is 12.8. The Morgan fingerprint density at radius 3 is 2.39 bits per heavy atom. The van der Waals surface area contributed by atoms with Crippen LogP contribution in [0.25, 0.3) is 0 Å². The highest BCUT2D eigenvalue weighted by molar-refractivity contribution is 5.93. The first-order valence-corrected chi connectivity index (χ1v) is 9.83. The summed E-state index contributed by atoms with van der Waals surface area (Å²) < 4.78 is 7.14. The standard InChI is InChI=1S/C18H32N6O2.2ClH/c1-13(12-26-2)21-18(25)16-17(15-5-9-20-10-6-15)24(23-22-16)11-14-3-7-19-8-4-14;;/h13-15,19-20H,3-12H2,1-2H3,(H,21,25);2*1H. The molecule has 3 rings (SSSR count). The number of carbonyl (C=O) groups excluding carboxylic acids is 1. The van der Waals surface area contributed by atoms with Crippen LogP contribution in [0, 0.1) is 5.92 Å². The van der Waals surface area contributed by atoms with Crippen LogP contribution in [0.1, 0.15) is 54.7 Å². The summed E-state index contributed by atoms with van der Waals surface area (Å²) in [6.07, 6.45) is 4.34. The quantitative estimate of drug-likeness (QED) is 0.597. The Labute approximate surface area is 179 Å². The van der Waals surface area contributed by atoms with Gasteiger partial charge in [0.2, 0.25) is 0 Å². The van der Waals surface area contributed by atoms with Crippen LogP contribution in [0.3, 0.4) is 0 Å². The van der Waals surface area contributed by atoms with Gasteiger partial charge >= 0.3 is 0 Å². The van der Waals surface area contributed by atoms with Gasteiger partial charge in [0.1, 0.15) is 0 Å². The summed E-state index contributed by atoms with van der Waals surface area (Å²) in [5.74, 6) is 0.799. The van der Waals surface area contributed by atoms with Crippen molar-refractivity contribution in [2.75, 3.05) is 39.9 Å². The highest BCUT2D eigenvalue weighted by Crippen LogP contribution is 2.28. The third-order valence-electron chi connectivity index (χ3n) is 5.40.